The SMILES string of the molecule is CCc1nn(C)c2c1NCC1(CCCC(C)C1)N2. The average molecular weight is 248 g/mol. The van der Waals surface area contributed by atoms with Crippen molar-refractivity contribution < 1.29 is 0 Å². The highest BCUT2D eigenvalue weighted by Crippen LogP contribution is 2.41. The second kappa shape index (κ2) is 4.18. The zero-order chi connectivity index (χ0) is 12.8. The molecule has 1 fully saturated rings. The second-order valence-corrected chi connectivity index (χ2v) is 6.11. The first kappa shape index (κ1) is 11.9. The lowest BCUT2D eigenvalue weighted by atomic mass is 9.75. The quantitative estimate of drug-likeness (QED) is 0.803. The molecule has 0 amide bonds. The van der Waals surface area contributed by atoms with Crippen LogP contribution in [0.1, 0.15) is 45.2 Å². The molecular formula is C14H24N4. The molecule has 1 aliphatic heterocycles. The smallest absolute Gasteiger partial charge is 0.148 e. The molecule has 1 aromatic heterocycles. The standard InChI is InChI=1S/C14H24N4/c1-4-11-12-13(18(3)17-11)16-14(9-15-12)7-5-6-10(2)8-14/h10,15-16H,4-9H2,1-3H3. The van der Waals surface area contributed by atoms with E-state index in [1.165, 1.54) is 42.9 Å². The topological polar surface area (TPSA) is 41.9 Å². The lowest BCUT2D eigenvalue weighted by Crippen LogP contribution is -2.51. The van der Waals surface area contributed by atoms with Gasteiger partial charge in [0, 0.05) is 13.6 Å². The van der Waals surface area contributed by atoms with Crippen molar-refractivity contribution in [3.05, 3.63) is 5.69 Å². The third-order valence-electron chi connectivity index (χ3n) is 4.53. The molecule has 2 atom stereocenters. The van der Waals surface area contributed by atoms with Crippen LogP contribution in [0.25, 0.3) is 0 Å². The Morgan fingerprint density at radius 3 is 3.06 bits per heavy atom. The maximum atomic E-state index is 4.60. The molecule has 1 aliphatic carbocycles. The molecule has 1 spiro atoms. The summed E-state index contributed by atoms with van der Waals surface area (Å²) in [6, 6.07) is 0. The van der Waals surface area contributed by atoms with Gasteiger partial charge < -0.3 is 10.6 Å². The van der Waals surface area contributed by atoms with Gasteiger partial charge in [0.25, 0.3) is 0 Å². The van der Waals surface area contributed by atoms with E-state index in [4.69, 9.17) is 0 Å². The average Bonchev–Trinajstić information content (AvgIpc) is 2.65. The number of nitrogens with one attached hydrogen (secondary N) is 2. The van der Waals surface area contributed by atoms with Crippen LogP contribution >= 0.6 is 0 Å². The minimum absolute atomic E-state index is 0.253. The van der Waals surface area contributed by atoms with Gasteiger partial charge in [-0.3, -0.25) is 4.68 Å². The summed E-state index contributed by atoms with van der Waals surface area (Å²) in [6.07, 6.45) is 6.25. The Morgan fingerprint density at radius 2 is 2.33 bits per heavy atom. The fourth-order valence-corrected chi connectivity index (χ4v) is 3.64. The van der Waals surface area contributed by atoms with Crippen molar-refractivity contribution in [2.45, 2.75) is 51.5 Å². The molecule has 18 heavy (non-hydrogen) atoms. The van der Waals surface area contributed by atoms with E-state index in [0.717, 1.165) is 18.9 Å². The number of nitrogens with zero attached hydrogens (tertiary/aromatic N) is 2. The molecule has 1 saturated carbocycles. The fraction of sp³-hybridized carbons (Fsp3) is 0.786. The number of anilines is 2. The number of fused-ring (bicyclic) bond motifs is 1. The highest BCUT2D eigenvalue weighted by Gasteiger charge is 2.39. The molecule has 4 nitrogen and oxygen atoms in total. The van der Waals surface area contributed by atoms with E-state index in [0.29, 0.717) is 0 Å². The van der Waals surface area contributed by atoms with Crippen LogP contribution < -0.4 is 10.6 Å². The third kappa shape index (κ3) is 1.78. The highest BCUT2D eigenvalue weighted by molar-refractivity contribution is 5.71. The molecule has 2 N–H and O–H groups in total. The third-order valence-corrected chi connectivity index (χ3v) is 4.53. The normalized spacial score (nSPS) is 30.7. The minimum Gasteiger partial charge on any atom is -0.378 e. The number of hydrogen-bond donors (Lipinski definition) is 2. The van der Waals surface area contributed by atoms with Gasteiger partial charge in [-0.2, -0.15) is 5.10 Å². The van der Waals surface area contributed by atoms with Crippen LogP contribution in [0.5, 0.6) is 0 Å². The van der Waals surface area contributed by atoms with E-state index in [1.807, 2.05) is 11.7 Å². The van der Waals surface area contributed by atoms with Gasteiger partial charge in [-0.25, -0.2) is 0 Å². The van der Waals surface area contributed by atoms with Gasteiger partial charge >= 0.3 is 0 Å². The van der Waals surface area contributed by atoms with Crippen molar-refractivity contribution in [2.24, 2.45) is 13.0 Å². The maximum Gasteiger partial charge on any atom is 0.148 e. The molecular weight excluding hydrogens is 224 g/mol. The molecule has 0 bridgehead atoms. The first-order valence-corrected chi connectivity index (χ1v) is 7.21. The summed E-state index contributed by atoms with van der Waals surface area (Å²) in [5.74, 6) is 2.01. The number of hydrogen-bond acceptors (Lipinski definition) is 3. The monoisotopic (exact) mass is 248 g/mol. The van der Waals surface area contributed by atoms with E-state index in [9.17, 15) is 0 Å². The summed E-state index contributed by atoms with van der Waals surface area (Å²) >= 11 is 0. The van der Waals surface area contributed by atoms with Crippen molar-refractivity contribution >= 4 is 11.5 Å². The Morgan fingerprint density at radius 1 is 1.50 bits per heavy atom. The van der Waals surface area contributed by atoms with Crippen LogP contribution in [-0.2, 0) is 13.5 Å². The van der Waals surface area contributed by atoms with Crippen LogP contribution in [-0.4, -0.2) is 21.9 Å². The predicted molar refractivity (Wildman–Crippen MR) is 75.1 cm³/mol. The van der Waals surface area contributed by atoms with Gasteiger partial charge in [-0.05, 0) is 25.2 Å². The van der Waals surface area contributed by atoms with Crippen molar-refractivity contribution in [1.82, 2.24) is 9.78 Å². The van der Waals surface area contributed by atoms with E-state index >= 15 is 0 Å². The zero-order valence-corrected chi connectivity index (χ0v) is 11.7. The molecule has 1 aromatic rings. The highest BCUT2D eigenvalue weighted by atomic mass is 15.4. The first-order chi connectivity index (χ1) is 8.63. The van der Waals surface area contributed by atoms with Gasteiger partial charge in [0.05, 0.1) is 11.2 Å². The summed E-state index contributed by atoms with van der Waals surface area (Å²) in [4.78, 5) is 0. The Hall–Kier alpha value is -1.19. The van der Waals surface area contributed by atoms with Gasteiger partial charge in [-0.1, -0.05) is 26.7 Å². The van der Waals surface area contributed by atoms with E-state index in [-0.39, 0.29) is 5.54 Å². The van der Waals surface area contributed by atoms with Crippen LogP contribution in [0.15, 0.2) is 0 Å². The molecule has 2 heterocycles. The number of rotatable bonds is 1. The number of aryl methyl sites for hydroxylation is 2. The summed E-state index contributed by atoms with van der Waals surface area (Å²) in [7, 11) is 2.04. The zero-order valence-electron chi connectivity index (χ0n) is 11.7. The van der Waals surface area contributed by atoms with Crippen molar-refractivity contribution in [3.63, 3.8) is 0 Å². The molecule has 0 radical (unpaired) electrons. The summed E-state index contributed by atoms with van der Waals surface area (Å²) in [5.41, 5.74) is 2.66. The van der Waals surface area contributed by atoms with E-state index in [2.05, 4.69) is 29.6 Å². The fourth-order valence-electron chi connectivity index (χ4n) is 3.64. The van der Waals surface area contributed by atoms with Crippen LogP contribution in [0.2, 0.25) is 0 Å². The Balaban J connectivity index is 1.90. The van der Waals surface area contributed by atoms with Gasteiger partial charge in [0.2, 0.25) is 0 Å². The molecule has 2 unspecified atom stereocenters. The molecule has 4 heteroatoms. The van der Waals surface area contributed by atoms with Crippen LogP contribution in [0, 0.1) is 5.92 Å². The Labute approximate surface area is 109 Å². The molecule has 2 aliphatic rings. The van der Waals surface area contributed by atoms with Crippen molar-refractivity contribution in [3.8, 4) is 0 Å². The summed E-state index contributed by atoms with van der Waals surface area (Å²) in [5, 5.41) is 12.0. The maximum absolute atomic E-state index is 4.60. The minimum atomic E-state index is 0.253. The summed E-state index contributed by atoms with van der Waals surface area (Å²) in [6.45, 7) is 5.58. The molecule has 0 aromatic carbocycles. The van der Waals surface area contributed by atoms with Gasteiger partial charge in [0.1, 0.15) is 11.5 Å². The number of aromatic nitrogens is 2. The Kier molecular flexibility index (Phi) is 2.76. The lowest BCUT2D eigenvalue weighted by Gasteiger charge is -2.44. The first-order valence-electron chi connectivity index (χ1n) is 7.21. The summed E-state index contributed by atoms with van der Waals surface area (Å²) < 4.78 is 2.00. The Bertz CT molecular complexity index is 451. The van der Waals surface area contributed by atoms with Crippen LogP contribution in [0.3, 0.4) is 0 Å². The van der Waals surface area contributed by atoms with Crippen molar-refractivity contribution in [1.29, 1.82) is 0 Å². The van der Waals surface area contributed by atoms with E-state index < -0.39 is 0 Å². The molecule has 3 rings (SSSR count). The molecule has 0 saturated heterocycles. The predicted octanol–water partition coefficient (Wildman–Crippen LogP) is 2.77. The van der Waals surface area contributed by atoms with E-state index in [1.54, 1.807) is 0 Å². The second-order valence-electron chi connectivity index (χ2n) is 6.11. The van der Waals surface area contributed by atoms with Gasteiger partial charge in [-0.15, -0.1) is 0 Å². The lowest BCUT2D eigenvalue weighted by molar-refractivity contribution is 0.265. The van der Waals surface area contributed by atoms with Crippen molar-refractivity contribution in [2.75, 3.05) is 17.2 Å². The van der Waals surface area contributed by atoms with Crippen LogP contribution in [0.4, 0.5) is 11.5 Å². The molecule has 100 valence electrons. The largest absolute Gasteiger partial charge is 0.378 e. The van der Waals surface area contributed by atoms with Gasteiger partial charge in [0.15, 0.2) is 0 Å².